The SMILES string of the molecule is O=Cc1c(S(=O)(=O)C(F)(F)F)ccc(Oc2cc(F)cc(Cl)c2)c1Cl. The largest absolute Gasteiger partial charge is 0.501 e. The molecule has 0 unspecified atom stereocenters. The number of halogens is 6. The zero-order chi connectivity index (χ0) is 19.0. The fourth-order valence-corrected chi connectivity index (χ4v) is 3.27. The van der Waals surface area contributed by atoms with E-state index in [1.807, 2.05) is 0 Å². The van der Waals surface area contributed by atoms with Crippen molar-refractivity contribution in [3.05, 3.63) is 51.8 Å². The van der Waals surface area contributed by atoms with Crippen LogP contribution in [0.3, 0.4) is 0 Å². The molecule has 0 atom stereocenters. The van der Waals surface area contributed by atoms with Crippen molar-refractivity contribution in [2.75, 3.05) is 0 Å². The second-order valence-corrected chi connectivity index (χ2v) is 7.29. The van der Waals surface area contributed by atoms with Crippen molar-refractivity contribution in [2.45, 2.75) is 10.4 Å². The Morgan fingerprint density at radius 3 is 2.24 bits per heavy atom. The minimum atomic E-state index is -5.80. The third-order valence-electron chi connectivity index (χ3n) is 2.88. The molecule has 2 rings (SSSR count). The predicted octanol–water partition coefficient (Wildman–Crippen LogP) is 5.03. The number of carbonyl (C=O) groups excluding carboxylic acids is 1. The molecule has 0 fully saturated rings. The molecule has 0 heterocycles. The first-order valence-corrected chi connectivity index (χ1v) is 8.44. The summed E-state index contributed by atoms with van der Waals surface area (Å²) in [6.07, 6.45) is -0.146. The first-order chi connectivity index (χ1) is 11.5. The molecule has 0 aliphatic rings. The monoisotopic (exact) mass is 416 g/mol. The molecule has 4 nitrogen and oxygen atoms in total. The minimum Gasteiger partial charge on any atom is -0.456 e. The Bertz CT molecular complexity index is 922. The lowest BCUT2D eigenvalue weighted by atomic mass is 10.2. The molecule has 11 heteroatoms. The molecule has 0 N–H and O–H groups in total. The Morgan fingerprint density at radius 2 is 1.72 bits per heavy atom. The molecule has 0 bridgehead atoms. The maximum Gasteiger partial charge on any atom is 0.501 e. The van der Waals surface area contributed by atoms with Crippen molar-refractivity contribution in [3.63, 3.8) is 0 Å². The molecule has 25 heavy (non-hydrogen) atoms. The van der Waals surface area contributed by atoms with E-state index in [4.69, 9.17) is 27.9 Å². The summed E-state index contributed by atoms with van der Waals surface area (Å²) in [5.41, 5.74) is -6.55. The number of sulfone groups is 1. The summed E-state index contributed by atoms with van der Waals surface area (Å²) in [5.74, 6) is -1.27. The van der Waals surface area contributed by atoms with Crippen LogP contribution in [0.4, 0.5) is 17.6 Å². The van der Waals surface area contributed by atoms with Crippen LogP contribution in [0.1, 0.15) is 10.4 Å². The zero-order valence-electron chi connectivity index (χ0n) is 11.8. The van der Waals surface area contributed by atoms with Crippen molar-refractivity contribution >= 4 is 39.3 Å². The van der Waals surface area contributed by atoms with Gasteiger partial charge in [-0.3, -0.25) is 4.79 Å². The number of alkyl halides is 3. The van der Waals surface area contributed by atoms with Gasteiger partial charge in [0.2, 0.25) is 0 Å². The molecule has 0 amide bonds. The van der Waals surface area contributed by atoms with E-state index in [1.54, 1.807) is 0 Å². The number of hydrogen-bond donors (Lipinski definition) is 0. The van der Waals surface area contributed by atoms with E-state index in [9.17, 15) is 30.8 Å². The van der Waals surface area contributed by atoms with Gasteiger partial charge < -0.3 is 4.74 Å². The van der Waals surface area contributed by atoms with Crippen molar-refractivity contribution in [3.8, 4) is 11.5 Å². The van der Waals surface area contributed by atoms with Crippen LogP contribution in [0, 0.1) is 5.82 Å². The predicted molar refractivity (Wildman–Crippen MR) is 81.6 cm³/mol. The van der Waals surface area contributed by atoms with Crippen LogP contribution in [0.15, 0.2) is 35.2 Å². The zero-order valence-corrected chi connectivity index (χ0v) is 14.1. The molecule has 0 spiro atoms. The fraction of sp³-hybridized carbons (Fsp3) is 0.0714. The Labute approximate surface area is 148 Å². The minimum absolute atomic E-state index is 0.0296. The molecule has 0 aromatic heterocycles. The molecule has 0 aliphatic heterocycles. The van der Waals surface area contributed by atoms with Crippen molar-refractivity contribution < 1.29 is 35.5 Å². The van der Waals surface area contributed by atoms with Crippen molar-refractivity contribution in [1.29, 1.82) is 0 Å². The molecule has 134 valence electrons. The molecule has 0 saturated heterocycles. The lowest BCUT2D eigenvalue weighted by molar-refractivity contribution is -0.0436. The normalized spacial score (nSPS) is 12.1. The molecular weight excluding hydrogens is 411 g/mol. The Morgan fingerprint density at radius 1 is 1.08 bits per heavy atom. The lowest BCUT2D eigenvalue weighted by Gasteiger charge is -2.14. The van der Waals surface area contributed by atoms with E-state index in [-0.39, 0.29) is 22.8 Å². The molecule has 0 saturated carbocycles. The summed E-state index contributed by atoms with van der Waals surface area (Å²) in [7, 11) is -5.80. The van der Waals surface area contributed by atoms with Crippen molar-refractivity contribution in [1.82, 2.24) is 0 Å². The van der Waals surface area contributed by atoms with E-state index in [0.29, 0.717) is 6.07 Å². The first-order valence-electron chi connectivity index (χ1n) is 6.20. The highest BCUT2D eigenvalue weighted by molar-refractivity contribution is 7.92. The van der Waals surface area contributed by atoms with Gasteiger partial charge in [-0.05, 0) is 24.3 Å². The smallest absolute Gasteiger partial charge is 0.456 e. The third-order valence-corrected chi connectivity index (χ3v) is 5.03. The van der Waals surface area contributed by atoms with Gasteiger partial charge in [-0.25, -0.2) is 12.8 Å². The number of ether oxygens (including phenoxy) is 1. The summed E-state index contributed by atoms with van der Waals surface area (Å²) in [4.78, 5) is 9.77. The average molecular weight is 417 g/mol. The Balaban J connectivity index is 2.56. The van der Waals surface area contributed by atoms with Gasteiger partial charge >= 0.3 is 5.51 Å². The van der Waals surface area contributed by atoms with Gasteiger partial charge in [-0.2, -0.15) is 13.2 Å². The standard InChI is InChI=1S/C14H6Cl2F4O4S/c15-7-3-8(17)5-9(4-7)24-11-1-2-12(10(6-21)13(11)16)25(22,23)14(18,19)20/h1-6H. The van der Waals surface area contributed by atoms with Gasteiger partial charge in [-0.15, -0.1) is 0 Å². The maximum atomic E-state index is 13.3. The third kappa shape index (κ3) is 3.88. The second-order valence-electron chi connectivity index (χ2n) is 4.56. The molecule has 0 radical (unpaired) electrons. The van der Waals surface area contributed by atoms with Crippen molar-refractivity contribution in [2.24, 2.45) is 0 Å². The molecule has 2 aromatic carbocycles. The summed E-state index contributed by atoms with van der Waals surface area (Å²) in [5, 5.41) is -0.710. The Kier molecular flexibility index (Phi) is 5.31. The van der Waals surface area contributed by atoms with Crippen LogP contribution < -0.4 is 4.74 Å². The summed E-state index contributed by atoms with van der Waals surface area (Å²) >= 11 is 11.4. The van der Waals surface area contributed by atoms with Gasteiger partial charge in [0.1, 0.15) is 17.3 Å². The molecular formula is C14H6Cl2F4O4S. The van der Waals surface area contributed by atoms with Gasteiger partial charge in [0.25, 0.3) is 9.84 Å². The van der Waals surface area contributed by atoms with Crippen LogP contribution in [-0.2, 0) is 9.84 Å². The quantitative estimate of drug-likeness (QED) is 0.517. The first kappa shape index (κ1) is 19.5. The van der Waals surface area contributed by atoms with E-state index >= 15 is 0 Å². The van der Waals surface area contributed by atoms with Crippen LogP contribution in [-0.4, -0.2) is 20.2 Å². The van der Waals surface area contributed by atoms with Gasteiger partial charge in [-0.1, -0.05) is 23.2 Å². The fourth-order valence-electron chi connectivity index (χ4n) is 1.82. The summed E-state index contributed by atoms with van der Waals surface area (Å²) < 4.78 is 79.4. The van der Waals surface area contributed by atoms with E-state index < -0.39 is 36.6 Å². The summed E-state index contributed by atoms with van der Waals surface area (Å²) in [6.45, 7) is 0. The van der Waals surface area contributed by atoms with Crippen LogP contribution in [0.25, 0.3) is 0 Å². The highest BCUT2D eigenvalue weighted by atomic mass is 35.5. The number of rotatable bonds is 4. The number of aldehydes is 1. The topological polar surface area (TPSA) is 60.4 Å². The summed E-state index contributed by atoms with van der Waals surface area (Å²) in [6, 6.07) is 4.40. The van der Waals surface area contributed by atoms with Gasteiger partial charge in [0.15, 0.2) is 6.29 Å². The van der Waals surface area contributed by atoms with E-state index in [2.05, 4.69) is 0 Å². The number of benzene rings is 2. The van der Waals surface area contributed by atoms with Crippen LogP contribution in [0.2, 0.25) is 10.0 Å². The maximum absolute atomic E-state index is 13.3. The number of carbonyl (C=O) groups is 1. The van der Waals surface area contributed by atoms with Gasteiger partial charge in [0, 0.05) is 11.1 Å². The lowest BCUT2D eigenvalue weighted by Crippen LogP contribution is -2.24. The molecule has 2 aromatic rings. The highest BCUT2D eigenvalue weighted by Gasteiger charge is 2.48. The van der Waals surface area contributed by atoms with E-state index in [0.717, 1.165) is 18.2 Å². The molecule has 0 aliphatic carbocycles. The van der Waals surface area contributed by atoms with E-state index in [1.165, 1.54) is 6.07 Å². The van der Waals surface area contributed by atoms with Crippen LogP contribution in [0.5, 0.6) is 11.5 Å². The average Bonchev–Trinajstić information content (AvgIpc) is 2.46. The second kappa shape index (κ2) is 6.81. The van der Waals surface area contributed by atoms with Crippen LogP contribution >= 0.6 is 23.2 Å². The van der Waals surface area contributed by atoms with Gasteiger partial charge in [0.05, 0.1) is 15.5 Å². The Hall–Kier alpha value is -1.84. The number of hydrogen-bond acceptors (Lipinski definition) is 4. The highest BCUT2D eigenvalue weighted by Crippen LogP contribution is 2.39.